The van der Waals surface area contributed by atoms with Crippen molar-refractivity contribution in [2.75, 3.05) is 0 Å². The third-order valence-electron chi connectivity index (χ3n) is 4.75. The molecule has 0 saturated heterocycles. The molecule has 0 radical (unpaired) electrons. The lowest BCUT2D eigenvalue weighted by molar-refractivity contribution is 0.0721. The van der Waals surface area contributed by atoms with E-state index in [4.69, 9.17) is 0 Å². The first-order valence-electron chi connectivity index (χ1n) is 8.89. The van der Waals surface area contributed by atoms with Crippen molar-refractivity contribution < 1.29 is 22.4 Å². The maximum atomic E-state index is 14.5. The molecular formula is C19H21F4N3O. The zero-order valence-corrected chi connectivity index (χ0v) is 15.2. The van der Waals surface area contributed by atoms with Crippen LogP contribution in [0.15, 0.2) is 18.2 Å². The summed E-state index contributed by atoms with van der Waals surface area (Å²) in [6.45, 7) is 2.02. The van der Waals surface area contributed by atoms with Crippen LogP contribution in [0.4, 0.5) is 17.6 Å². The molecule has 0 aliphatic heterocycles. The Hall–Kier alpha value is -2.38. The van der Waals surface area contributed by atoms with Crippen LogP contribution >= 0.6 is 0 Å². The Labute approximate surface area is 154 Å². The second kappa shape index (κ2) is 7.70. The Kier molecular flexibility index (Phi) is 5.53. The molecule has 3 rings (SSSR count). The average molecular weight is 383 g/mol. The zero-order chi connectivity index (χ0) is 19.7. The fraction of sp³-hybridized carbons (Fsp3) is 0.474. The highest BCUT2D eigenvalue weighted by Crippen LogP contribution is 2.32. The minimum atomic E-state index is -2.74. The zero-order valence-electron chi connectivity index (χ0n) is 15.2. The number of carbonyl (C=O) groups is 1. The van der Waals surface area contributed by atoms with Crippen LogP contribution in [-0.2, 0) is 26.4 Å². The van der Waals surface area contributed by atoms with E-state index >= 15 is 0 Å². The first kappa shape index (κ1) is 19.4. The van der Waals surface area contributed by atoms with Gasteiger partial charge in [0.1, 0.15) is 11.4 Å². The van der Waals surface area contributed by atoms with Crippen molar-refractivity contribution in [3.63, 3.8) is 0 Å². The van der Waals surface area contributed by atoms with Crippen LogP contribution in [0.25, 0.3) is 0 Å². The quantitative estimate of drug-likeness (QED) is 0.681. The maximum Gasteiger partial charge on any atom is 0.260 e. The molecule has 1 heterocycles. The molecule has 1 aliphatic rings. The van der Waals surface area contributed by atoms with E-state index in [2.05, 4.69) is 5.10 Å². The number of hydrogen-bond acceptors (Lipinski definition) is 2. The van der Waals surface area contributed by atoms with Crippen molar-refractivity contribution in [1.29, 1.82) is 0 Å². The molecule has 0 unspecified atom stereocenters. The van der Waals surface area contributed by atoms with Gasteiger partial charge in [0, 0.05) is 19.6 Å². The van der Waals surface area contributed by atoms with Crippen LogP contribution < -0.4 is 0 Å². The monoisotopic (exact) mass is 383 g/mol. The lowest BCUT2D eigenvalue weighted by Crippen LogP contribution is -2.34. The number of alkyl halides is 2. The van der Waals surface area contributed by atoms with Gasteiger partial charge in [0.15, 0.2) is 0 Å². The molecule has 1 saturated carbocycles. The van der Waals surface area contributed by atoms with Gasteiger partial charge in [-0.2, -0.15) is 9.49 Å². The summed E-state index contributed by atoms with van der Waals surface area (Å²) in [4.78, 5) is 14.5. The summed E-state index contributed by atoms with van der Waals surface area (Å²) in [6, 6.07) is 4.27. The molecule has 4 nitrogen and oxygen atoms in total. The minimum Gasteiger partial charge on any atom is -0.331 e. The van der Waals surface area contributed by atoms with Crippen molar-refractivity contribution in [3.8, 4) is 0 Å². The third kappa shape index (κ3) is 4.14. The van der Waals surface area contributed by atoms with Gasteiger partial charge in [0.2, 0.25) is 12.4 Å². The lowest BCUT2D eigenvalue weighted by atomic mass is 10.0. The number of amides is 1. The van der Waals surface area contributed by atoms with Crippen molar-refractivity contribution in [3.05, 3.63) is 52.3 Å². The Balaban J connectivity index is 1.95. The van der Waals surface area contributed by atoms with E-state index in [-0.39, 0.29) is 18.3 Å². The highest BCUT2D eigenvalue weighted by Gasteiger charge is 2.37. The van der Waals surface area contributed by atoms with E-state index in [1.807, 2.05) is 6.92 Å². The predicted molar refractivity (Wildman–Crippen MR) is 91.5 cm³/mol. The number of aryl methyl sites for hydroxylation is 2. The maximum absolute atomic E-state index is 14.5. The standard InChI is InChI=1S/C19H21F4N3O/c1-3-11-4-5-13(20)8-12(11)10-26(14-6-7-14)19(27)17-15(9-16(21)22)24-25(2)18(17)23/h4-5,8,14,16H,3,6-7,9-10H2,1-2H3. The number of halogens is 4. The molecule has 0 bridgehead atoms. The molecule has 1 aromatic heterocycles. The Bertz CT molecular complexity index is 846. The van der Waals surface area contributed by atoms with E-state index in [9.17, 15) is 22.4 Å². The first-order valence-corrected chi connectivity index (χ1v) is 8.89. The summed E-state index contributed by atoms with van der Waals surface area (Å²) in [6.07, 6.45) is -1.39. The molecule has 1 aliphatic carbocycles. The molecule has 0 N–H and O–H groups in total. The fourth-order valence-corrected chi connectivity index (χ4v) is 3.22. The third-order valence-corrected chi connectivity index (χ3v) is 4.75. The van der Waals surface area contributed by atoms with Crippen molar-refractivity contribution >= 4 is 5.91 Å². The van der Waals surface area contributed by atoms with Gasteiger partial charge in [-0.05, 0) is 42.5 Å². The van der Waals surface area contributed by atoms with Crippen LogP contribution in [0.1, 0.15) is 46.9 Å². The Morgan fingerprint density at radius 2 is 2.00 bits per heavy atom. The molecular weight excluding hydrogens is 362 g/mol. The van der Waals surface area contributed by atoms with Crippen LogP contribution in [0, 0.1) is 11.8 Å². The second-order valence-electron chi connectivity index (χ2n) is 6.76. The molecule has 0 atom stereocenters. The SMILES string of the molecule is CCc1ccc(F)cc1CN(C(=O)c1c(CC(F)F)nn(C)c1F)C1CC1. The van der Waals surface area contributed by atoms with Crippen molar-refractivity contribution in [2.45, 2.75) is 51.6 Å². The van der Waals surface area contributed by atoms with Gasteiger partial charge in [0.05, 0.1) is 12.1 Å². The number of nitrogens with zero attached hydrogens (tertiary/aromatic N) is 3. The molecule has 1 fully saturated rings. The van der Waals surface area contributed by atoms with Crippen LogP contribution in [0.3, 0.4) is 0 Å². The van der Waals surface area contributed by atoms with E-state index < -0.39 is 36.1 Å². The van der Waals surface area contributed by atoms with E-state index in [1.165, 1.54) is 24.1 Å². The van der Waals surface area contributed by atoms with Gasteiger partial charge >= 0.3 is 0 Å². The first-order chi connectivity index (χ1) is 12.8. The largest absolute Gasteiger partial charge is 0.331 e. The molecule has 8 heteroatoms. The van der Waals surface area contributed by atoms with E-state index in [1.54, 1.807) is 6.07 Å². The number of benzene rings is 1. The van der Waals surface area contributed by atoms with Crippen molar-refractivity contribution in [2.24, 2.45) is 7.05 Å². The van der Waals surface area contributed by atoms with E-state index in [0.717, 1.165) is 23.1 Å². The van der Waals surface area contributed by atoms with Gasteiger partial charge in [-0.3, -0.25) is 4.79 Å². The molecule has 146 valence electrons. The normalized spacial score (nSPS) is 14.0. The van der Waals surface area contributed by atoms with Crippen LogP contribution in [0.5, 0.6) is 0 Å². The molecule has 27 heavy (non-hydrogen) atoms. The summed E-state index contributed by atoms with van der Waals surface area (Å²) in [7, 11) is 1.27. The Morgan fingerprint density at radius 3 is 2.59 bits per heavy atom. The van der Waals surface area contributed by atoms with Gasteiger partial charge in [-0.1, -0.05) is 13.0 Å². The molecule has 0 spiro atoms. The summed E-state index contributed by atoms with van der Waals surface area (Å²) < 4.78 is 54.6. The van der Waals surface area contributed by atoms with Crippen LogP contribution in [0.2, 0.25) is 0 Å². The fourth-order valence-electron chi connectivity index (χ4n) is 3.22. The Morgan fingerprint density at radius 1 is 1.30 bits per heavy atom. The summed E-state index contributed by atoms with van der Waals surface area (Å²) >= 11 is 0. The number of hydrogen-bond donors (Lipinski definition) is 0. The summed E-state index contributed by atoms with van der Waals surface area (Å²) in [5.74, 6) is -2.03. The van der Waals surface area contributed by atoms with Crippen LogP contribution in [-0.4, -0.2) is 33.1 Å². The van der Waals surface area contributed by atoms with Gasteiger partial charge in [-0.15, -0.1) is 0 Å². The summed E-state index contributed by atoms with van der Waals surface area (Å²) in [5, 5.41) is 3.74. The number of carbonyl (C=O) groups excluding carboxylic acids is 1. The predicted octanol–water partition coefficient (Wildman–Crippen LogP) is 3.87. The summed E-state index contributed by atoms with van der Waals surface area (Å²) in [5.41, 5.74) is 0.849. The molecule has 1 amide bonds. The average Bonchev–Trinajstić information content (AvgIpc) is 3.39. The smallest absolute Gasteiger partial charge is 0.260 e. The molecule has 1 aromatic carbocycles. The highest BCUT2D eigenvalue weighted by atomic mass is 19.3. The van der Waals surface area contributed by atoms with Gasteiger partial charge in [-0.25, -0.2) is 17.9 Å². The van der Waals surface area contributed by atoms with E-state index in [0.29, 0.717) is 12.0 Å². The minimum absolute atomic E-state index is 0.104. The topological polar surface area (TPSA) is 38.1 Å². The lowest BCUT2D eigenvalue weighted by Gasteiger charge is -2.24. The highest BCUT2D eigenvalue weighted by molar-refractivity contribution is 5.95. The van der Waals surface area contributed by atoms with Crippen molar-refractivity contribution in [1.82, 2.24) is 14.7 Å². The van der Waals surface area contributed by atoms with Gasteiger partial charge < -0.3 is 4.90 Å². The number of rotatable bonds is 7. The molecule has 2 aromatic rings. The number of aromatic nitrogens is 2. The second-order valence-corrected chi connectivity index (χ2v) is 6.76. The van der Waals surface area contributed by atoms with Gasteiger partial charge in [0.25, 0.3) is 5.91 Å².